The van der Waals surface area contributed by atoms with Crippen LogP contribution in [0.15, 0.2) is 17.6 Å². The number of nitrogens with one attached hydrogen (secondary N) is 2. The van der Waals surface area contributed by atoms with Gasteiger partial charge in [0.1, 0.15) is 0 Å². The molecule has 1 heterocycles. The first-order chi connectivity index (χ1) is 10.7. The van der Waals surface area contributed by atoms with Crippen LogP contribution in [0, 0.1) is 5.92 Å². The molecule has 5 heteroatoms. The lowest BCUT2D eigenvalue weighted by atomic mass is 10.1. The van der Waals surface area contributed by atoms with E-state index in [1.807, 2.05) is 13.0 Å². The van der Waals surface area contributed by atoms with Crippen LogP contribution in [0.1, 0.15) is 33.6 Å². The molecule has 0 aliphatic carbocycles. The third-order valence-corrected chi connectivity index (χ3v) is 3.93. The van der Waals surface area contributed by atoms with Crippen molar-refractivity contribution in [1.82, 2.24) is 15.5 Å². The van der Waals surface area contributed by atoms with Crippen LogP contribution < -0.4 is 10.6 Å². The van der Waals surface area contributed by atoms with Crippen molar-refractivity contribution in [3.05, 3.63) is 12.7 Å². The van der Waals surface area contributed by atoms with E-state index in [0.29, 0.717) is 12.0 Å². The molecule has 0 aromatic carbocycles. The summed E-state index contributed by atoms with van der Waals surface area (Å²) in [4.78, 5) is 7.27. The Morgan fingerprint density at radius 3 is 2.91 bits per heavy atom. The second-order valence-electron chi connectivity index (χ2n) is 6.08. The maximum atomic E-state index is 5.35. The van der Waals surface area contributed by atoms with E-state index in [4.69, 9.17) is 9.73 Å². The lowest BCUT2D eigenvalue weighted by Crippen LogP contribution is -2.38. The van der Waals surface area contributed by atoms with Crippen LogP contribution in [0.4, 0.5) is 0 Å². The van der Waals surface area contributed by atoms with Crippen LogP contribution in [0.2, 0.25) is 0 Å². The first-order valence-corrected chi connectivity index (χ1v) is 8.62. The summed E-state index contributed by atoms with van der Waals surface area (Å²) in [5, 5.41) is 6.65. The highest BCUT2D eigenvalue weighted by Crippen LogP contribution is 2.18. The summed E-state index contributed by atoms with van der Waals surface area (Å²) in [5.74, 6) is 1.56. The number of guanidine groups is 1. The Bertz CT molecular complexity index is 331. The zero-order chi connectivity index (χ0) is 16.2. The lowest BCUT2D eigenvalue weighted by Gasteiger charge is -2.20. The van der Waals surface area contributed by atoms with Crippen LogP contribution in [0.25, 0.3) is 0 Å². The number of hydrogen-bond donors (Lipinski definition) is 2. The number of rotatable bonds is 10. The van der Waals surface area contributed by atoms with Crippen molar-refractivity contribution in [2.75, 3.05) is 45.9 Å². The summed E-state index contributed by atoms with van der Waals surface area (Å²) >= 11 is 0. The monoisotopic (exact) mass is 310 g/mol. The predicted octanol–water partition coefficient (Wildman–Crippen LogP) is 1.86. The second-order valence-corrected chi connectivity index (χ2v) is 6.08. The molecule has 1 aliphatic rings. The van der Waals surface area contributed by atoms with E-state index in [1.165, 1.54) is 19.5 Å². The molecule has 0 unspecified atom stereocenters. The van der Waals surface area contributed by atoms with E-state index in [-0.39, 0.29) is 0 Å². The van der Waals surface area contributed by atoms with Gasteiger partial charge in [0.15, 0.2) is 5.96 Å². The highest BCUT2D eigenvalue weighted by molar-refractivity contribution is 5.79. The highest BCUT2D eigenvalue weighted by atomic mass is 16.5. The molecule has 0 bridgehead atoms. The van der Waals surface area contributed by atoms with Gasteiger partial charge in [0, 0.05) is 45.4 Å². The van der Waals surface area contributed by atoms with Crippen LogP contribution in [-0.4, -0.2) is 62.8 Å². The first kappa shape index (κ1) is 19.0. The molecule has 0 radical (unpaired) electrons. The zero-order valence-corrected chi connectivity index (χ0v) is 14.6. The van der Waals surface area contributed by atoms with Crippen molar-refractivity contribution in [1.29, 1.82) is 0 Å². The van der Waals surface area contributed by atoms with E-state index < -0.39 is 0 Å². The summed E-state index contributed by atoms with van der Waals surface area (Å²) in [6.07, 6.45) is 4.10. The Morgan fingerprint density at radius 1 is 1.45 bits per heavy atom. The minimum absolute atomic E-state index is 0.643. The molecule has 0 saturated carbocycles. The molecule has 1 fully saturated rings. The summed E-state index contributed by atoms with van der Waals surface area (Å²) in [6.45, 7) is 16.8. The molecule has 1 atom stereocenters. The van der Waals surface area contributed by atoms with E-state index in [2.05, 4.69) is 36.0 Å². The van der Waals surface area contributed by atoms with Crippen molar-refractivity contribution in [2.24, 2.45) is 10.9 Å². The van der Waals surface area contributed by atoms with Crippen LogP contribution in [0.5, 0.6) is 0 Å². The summed E-state index contributed by atoms with van der Waals surface area (Å²) in [5.41, 5.74) is 0. The van der Waals surface area contributed by atoms with Gasteiger partial charge in [-0.2, -0.15) is 0 Å². The fourth-order valence-corrected chi connectivity index (χ4v) is 2.57. The zero-order valence-electron chi connectivity index (χ0n) is 14.6. The van der Waals surface area contributed by atoms with Gasteiger partial charge in [-0.3, -0.25) is 4.99 Å². The fourth-order valence-electron chi connectivity index (χ4n) is 2.57. The standard InChI is InChI=1S/C17H34N4O/c1-5-9-18-17(19-10-7-12-22-6-2)20-13-16-8-11-21(14-16)15(3)4/h5,15-16H,1,6-14H2,2-4H3,(H2,18,19,20)/t16-/m0/s1. The Labute approximate surface area is 136 Å². The average molecular weight is 310 g/mol. The van der Waals surface area contributed by atoms with Crippen LogP contribution in [-0.2, 0) is 4.74 Å². The Kier molecular flexibility index (Phi) is 9.91. The molecule has 0 spiro atoms. The van der Waals surface area contributed by atoms with Crippen molar-refractivity contribution in [2.45, 2.75) is 39.7 Å². The smallest absolute Gasteiger partial charge is 0.191 e. The topological polar surface area (TPSA) is 48.9 Å². The largest absolute Gasteiger partial charge is 0.382 e. The average Bonchev–Trinajstić information content (AvgIpc) is 2.98. The minimum Gasteiger partial charge on any atom is -0.382 e. The van der Waals surface area contributed by atoms with Gasteiger partial charge in [0.05, 0.1) is 0 Å². The van der Waals surface area contributed by atoms with Crippen LogP contribution >= 0.6 is 0 Å². The van der Waals surface area contributed by atoms with Crippen molar-refractivity contribution < 1.29 is 4.74 Å². The molecule has 5 nitrogen and oxygen atoms in total. The SMILES string of the molecule is C=CCNC(=NC[C@@H]1CCN(C(C)C)C1)NCCCOCC. The van der Waals surface area contributed by atoms with Gasteiger partial charge in [0.2, 0.25) is 0 Å². The molecule has 0 aromatic heterocycles. The van der Waals surface area contributed by atoms with E-state index in [1.54, 1.807) is 0 Å². The quantitative estimate of drug-likeness (QED) is 0.280. The lowest BCUT2D eigenvalue weighted by molar-refractivity contribution is 0.145. The third kappa shape index (κ3) is 7.80. The molecular weight excluding hydrogens is 276 g/mol. The molecule has 22 heavy (non-hydrogen) atoms. The highest BCUT2D eigenvalue weighted by Gasteiger charge is 2.23. The van der Waals surface area contributed by atoms with Crippen LogP contribution in [0.3, 0.4) is 0 Å². The van der Waals surface area contributed by atoms with E-state index in [0.717, 1.165) is 45.2 Å². The normalized spacial score (nSPS) is 19.6. The van der Waals surface area contributed by atoms with E-state index >= 15 is 0 Å². The van der Waals surface area contributed by atoms with Crippen molar-refractivity contribution in [3.8, 4) is 0 Å². The molecule has 0 aromatic rings. The molecular formula is C17H34N4O. The second kappa shape index (κ2) is 11.5. The summed E-state index contributed by atoms with van der Waals surface area (Å²) < 4.78 is 5.35. The summed E-state index contributed by atoms with van der Waals surface area (Å²) in [7, 11) is 0. The predicted molar refractivity (Wildman–Crippen MR) is 94.4 cm³/mol. The number of likely N-dealkylation sites (tertiary alicyclic amines) is 1. The number of aliphatic imine (C=N–C) groups is 1. The molecule has 1 aliphatic heterocycles. The van der Waals surface area contributed by atoms with Gasteiger partial charge >= 0.3 is 0 Å². The number of nitrogens with zero attached hydrogens (tertiary/aromatic N) is 2. The number of hydrogen-bond acceptors (Lipinski definition) is 3. The summed E-state index contributed by atoms with van der Waals surface area (Å²) in [6, 6.07) is 0.643. The first-order valence-electron chi connectivity index (χ1n) is 8.62. The Morgan fingerprint density at radius 2 is 2.27 bits per heavy atom. The molecule has 128 valence electrons. The molecule has 2 N–H and O–H groups in total. The molecule has 1 rings (SSSR count). The van der Waals surface area contributed by atoms with Gasteiger partial charge in [0.25, 0.3) is 0 Å². The van der Waals surface area contributed by atoms with Gasteiger partial charge in [-0.05, 0) is 46.1 Å². The van der Waals surface area contributed by atoms with Gasteiger partial charge in [-0.25, -0.2) is 0 Å². The maximum absolute atomic E-state index is 5.35. The van der Waals surface area contributed by atoms with Gasteiger partial charge < -0.3 is 20.3 Å². The van der Waals surface area contributed by atoms with E-state index in [9.17, 15) is 0 Å². The Balaban J connectivity index is 2.33. The third-order valence-electron chi connectivity index (χ3n) is 3.93. The molecule has 1 saturated heterocycles. The maximum Gasteiger partial charge on any atom is 0.191 e. The fraction of sp³-hybridized carbons (Fsp3) is 0.824. The molecule has 0 amide bonds. The van der Waals surface area contributed by atoms with Gasteiger partial charge in [-0.15, -0.1) is 6.58 Å². The van der Waals surface area contributed by atoms with Crippen molar-refractivity contribution >= 4 is 5.96 Å². The number of ether oxygens (including phenoxy) is 1. The van der Waals surface area contributed by atoms with Gasteiger partial charge in [-0.1, -0.05) is 6.08 Å². The minimum atomic E-state index is 0.643. The van der Waals surface area contributed by atoms with Crippen molar-refractivity contribution in [3.63, 3.8) is 0 Å². The Hall–Kier alpha value is -1.07.